The number of carbonyl (C=O) groups excluding carboxylic acids is 1. The van der Waals surface area contributed by atoms with E-state index in [4.69, 9.17) is 4.74 Å². The monoisotopic (exact) mass is 201 g/mol. The molecule has 0 spiro atoms. The Hall–Kier alpha value is -0.220. The van der Waals surface area contributed by atoms with Gasteiger partial charge in [0.1, 0.15) is 6.61 Å². The lowest BCUT2D eigenvalue weighted by Gasteiger charge is -2.32. The van der Waals surface area contributed by atoms with Gasteiger partial charge in [-0.2, -0.15) is 11.8 Å². The minimum Gasteiger partial charge on any atom is -0.366 e. The first-order chi connectivity index (χ1) is 6.36. The molecule has 0 radical (unpaired) electrons. The van der Waals surface area contributed by atoms with Crippen molar-refractivity contribution in [3.63, 3.8) is 0 Å². The van der Waals surface area contributed by atoms with E-state index in [1.54, 1.807) is 0 Å². The molecule has 1 atom stereocenters. The molecular formula is C9H15NO2S. The summed E-state index contributed by atoms with van der Waals surface area (Å²) >= 11 is 2.02. The number of hydrogen-bond donors (Lipinski definition) is 1. The Labute approximate surface area is 82.6 Å². The lowest BCUT2D eigenvalue weighted by Crippen LogP contribution is -2.46. The third kappa shape index (κ3) is 2.38. The van der Waals surface area contributed by atoms with E-state index in [0.29, 0.717) is 12.5 Å². The Morgan fingerprint density at radius 3 is 2.77 bits per heavy atom. The topological polar surface area (TPSA) is 38.3 Å². The molecule has 0 aromatic carbocycles. The average Bonchev–Trinajstić information content (AvgIpc) is 2.20. The van der Waals surface area contributed by atoms with Crippen LogP contribution in [0, 0.1) is 5.92 Å². The van der Waals surface area contributed by atoms with Crippen LogP contribution in [0.25, 0.3) is 0 Å². The SMILES string of the molecule is O=C1COC(C2CCSCC2)CN1. The van der Waals surface area contributed by atoms with E-state index in [0.717, 1.165) is 0 Å². The van der Waals surface area contributed by atoms with E-state index in [1.807, 2.05) is 11.8 Å². The molecule has 0 aromatic heterocycles. The number of thioether (sulfide) groups is 1. The number of rotatable bonds is 1. The fraction of sp³-hybridized carbons (Fsp3) is 0.889. The van der Waals surface area contributed by atoms with Gasteiger partial charge in [0.15, 0.2) is 0 Å². The van der Waals surface area contributed by atoms with Crippen molar-refractivity contribution in [3.05, 3.63) is 0 Å². The molecule has 13 heavy (non-hydrogen) atoms. The number of amides is 1. The predicted octanol–water partition coefficient (Wildman–Crippen LogP) is 0.645. The van der Waals surface area contributed by atoms with Crippen LogP contribution in [0.3, 0.4) is 0 Å². The quantitative estimate of drug-likeness (QED) is 0.677. The van der Waals surface area contributed by atoms with Crippen LogP contribution < -0.4 is 5.32 Å². The van der Waals surface area contributed by atoms with Gasteiger partial charge < -0.3 is 10.1 Å². The molecule has 4 heteroatoms. The molecule has 1 amide bonds. The lowest BCUT2D eigenvalue weighted by atomic mass is 9.95. The first-order valence-electron chi connectivity index (χ1n) is 4.82. The van der Waals surface area contributed by atoms with Crippen LogP contribution in [0.5, 0.6) is 0 Å². The summed E-state index contributed by atoms with van der Waals surface area (Å²) in [5.41, 5.74) is 0. The third-order valence-electron chi connectivity index (χ3n) is 2.72. The van der Waals surface area contributed by atoms with Crippen LogP contribution in [0.15, 0.2) is 0 Å². The van der Waals surface area contributed by atoms with Crippen LogP contribution >= 0.6 is 11.8 Å². The van der Waals surface area contributed by atoms with E-state index < -0.39 is 0 Å². The molecule has 2 aliphatic heterocycles. The van der Waals surface area contributed by atoms with Gasteiger partial charge in [-0.05, 0) is 30.3 Å². The van der Waals surface area contributed by atoms with Crippen LogP contribution in [-0.2, 0) is 9.53 Å². The van der Waals surface area contributed by atoms with E-state index in [-0.39, 0.29) is 18.6 Å². The average molecular weight is 201 g/mol. The Bertz CT molecular complexity index is 182. The molecule has 3 nitrogen and oxygen atoms in total. The molecule has 0 bridgehead atoms. The van der Waals surface area contributed by atoms with Gasteiger partial charge in [-0.1, -0.05) is 0 Å². The molecule has 2 fully saturated rings. The van der Waals surface area contributed by atoms with Crippen molar-refractivity contribution in [2.45, 2.75) is 18.9 Å². The zero-order chi connectivity index (χ0) is 9.10. The summed E-state index contributed by atoms with van der Waals surface area (Å²) < 4.78 is 5.51. The van der Waals surface area contributed by atoms with Crippen molar-refractivity contribution in [1.82, 2.24) is 5.32 Å². The smallest absolute Gasteiger partial charge is 0.246 e. The highest BCUT2D eigenvalue weighted by molar-refractivity contribution is 7.99. The fourth-order valence-corrected chi connectivity index (χ4v) is 3.04. The molecule has 2 heterocycles. The first-order valence-corrected chi connectivity index (χ1v) is 5.98. The molecular weight excluding hydrogens is 186 g/mol. The van der Waals surface area contributed by atoms with Crippen molar-refractivity contribution in [3.8, 4) is 0 Å². The second-order valence-electron chi connectivity index (χ2n) is 3.60. The minimum absolute atomic E-state index is 0.0291. The normalized spacial score (nSPS) is 31.4. The summed E-state index contributed by atoms with van der Waals surface area (Å²) in [7, 11) is 0. The van der Waals surface area contributed by atoms with Gasteiger partial charge in [-0.25, -0.2) is 0 Å². The number of hydrogen-bond acceptors (Lipinski definition) is 3. The molecule has 0 aromatic rings. The van der Waals surface area contributed by atoms with E-state index >= 15 is 0 Å². The highest BCUT2D eigenvalue weighted by atomic mass is 32.2. The maximum absolute atomic E-state index is 10.9. The second-order valence-corrected chi connectivity index (χ2v) is 4.83. The van der Waals surface area contributed by atoms with Crippen LogP contribution in [0.4, 0.5) is 0 Å². The maximum atomic E-state index is 10.9. The molecule has 2 rings (SSSR count). The second kappa shape index (κ2) is 4.33. The van der Waals surface area contributed by atoms with Gasteiger partial charge in [0, 0.05) is 6.54 Å². The van der Waals surface area contributed by atoms with Crippen molar-refractivity contribution >= 4 is 17.7 Å². The summed E-state index contributed by atoms with van der Waals surface area (Å²) in [6.07, 6.45) is 2.76. The zero-order valence-corrected chi connectivity index (χ0v) is 8.44. The van der Waals surface area contributed by atoms with Gasteiger partial charge >= 0.3 is 0 Å². The summed E-state index contributed by atoms with van der Waals surface area (Å²) in [4.78, 5) is 10.9. The van der Waals surface area contributed by atoms with Crippen molar-refractivity contribution in [2.24, 2.45) is 5.92 Å². The molecule has 0 aliphatic carbocycles. The summed E-state index contributed by atoms with van der Waals surface area (Å²) in [5, 5.41) is 2.86. The minimum atomic E-state index is 0.0291. The van der Waals surface area contributed by atoms with Gasteiger partial charge in [0.25, 0.3) is 0 Å². The van der Waals surface area contributed by atoms with Crippen LogP contribution in [-0.4, -0.2) is 36.7 Å². The Balaban J connectivity index is 1.82. The summed E-state index contributed by atoms with van der Waals surface area (Å²) in [6, 6.07) is 0. The van der Waals surface area contributed by atoms with Gasteiger partial charge in [-0.15, -0.1) is 0 Å². The molecule has 0 saturated carbocycles. The van der Waals surface area contributed by atoms with Gasteiger partial charge in [0.05, 0.1) is 6.10 Å². The molecule has 2 saturated heterocycles. The largest absolute Gasteiger partial charge is 0.366 e. The predicted molar refractivity (Wildman–Crippen MR) is 52.8 cm³/mol. The number of ether oxygens (including phenoxy) is 1. The van der Waals surface area contributed by atoms with Crippen molar-refractivity contribution in [1.29, 1.82) is 0 Å². The fourth-order valence-electron chi connectivity index (χ4n) is 1.90. The van der Waals surface area contributed by atoms with Crippen molar-refractivity contribution in [2.75, 3.05) is 24.7 Å². The number of carbonyl (C=O) groups is 1. The van der Waals surface area contributed by atoms with Gasteiger partial charge in [-0.3, -0.25) is 4.79 Å². The van der Waals surface area contributed by atoms with Crippen LogP contribution in [0.2, 0.25) is 0 Å². The number of morpholine rings is 1. The molecule has 2 aliphatic rings. The highest BCUT2D eigenvalue weighted by Crippen LogP contribution is 2.27. The van der Waals surface area contributed by atoms with E-state index in [9.17, 15) is 4.79 Å². The first kappa shape index (κ1) is 9.34. The molecule has 74 valence electrons. The van der Waals surface area contributed by atoms with Gasteiger partial charge in [0.2, 0.25) is 5.91 Å². The Morgan fingerprint density at radius 2 is 2.15 bits per heavy atom. The van der Waals surface area contributed by atoms with E-state index in [2.05, 4.69) is 5.32 Å². The summed E-state index contributed by atoms with van der Waals surface area (Å²) in [6.45, 7) is 0.975. The maximum Gasteiger partial charge on any atom is 0.246 e. The van der Waals surface area contributed by atoms with E-state index in [1.165, 1.54) is 24.3 Å². The highest BCUT2D eigenvalue weighted by Gasteiger charge is 2.28. The van der Waals surface area contributed by atoms with Crippen LogP contribution in [0.1, 0.15) is 12.8 Å². The molecule has 1 N–H and O–H groups in total. The third-order valence-corrected chi connectivity index (χ3v) is 3.77. The standard InChI is InChI=1S/C9H15NO2S/c11-9-6-12-8(5-10-9)7-1-3-13-4-2-7/h7-8H,1-6H2,(H,10,11). The van der Waals surface area contributed by atoms with Crippen molar-refractivity contribution < 1.29 is 9.53 Å². The Morgan fingerprint density at radius 1 is 1.38 bits per heavy atom. The zero-order valence-electron chi connectivity index (χ0n) is 7.62. The number of nitrogens with one attached hydrogen (secondary N) is 1. The molecule has 1 unspecified atom stereocenters. The Kier molecular flexibility index (Phi) is 3.11. The lowest BCUT2D eigenvalue weighted by molar-refractivity contribution is -0.135. The summed E-state index contributed by atoms with van der Waals surface area (Å²) in [5.74, 6) is 3.19.